The van der Waals surface area contributed by atoms with Crippen molar-refractivity contribution in [3.63, 3.8) is 0 Å². The molecule has 0 aromatic carbocycles. The highest BCUT2D eigenvalue weighted by atomic mass is 32.1. The number of ether oxygens (including phenoxy) is 1. The van der Waals surface area contributed by atoms with Crippen LogP contribution in [-0.4, -0.2) is 35.9 Å². The first-order chi connectivity index (χ1) is 9.23. The van der Waals surface area contributed by atoms with E-state index in [1.165, 1.54) is 12.1 Å². The van der Waals surface area contributed by atoms with Gasteiger partial charge in [-0.2, -0.15) is 13.2 Å². The third kappa shape index (κ3) is 1.90. The van der Waals surface area contributed by atoms with Crippen LogP contribution in [-0.2, 0) is 14.3 Å². The lowest BCUT2D eigenvalue weighted by Gasteiger charge is -2.24. The molecule has 2 heterocycles. The van der Waals surface area contributed by atoms with Gasteiger partial charge in [0.2, 0.25) is 0 Å². The molecule has 20 heavy (non-hydrogen) atoms. The fourth-order valence-corrected chi connectivity index (χ4v) is 2.52. The van der Waals surface area contributed by atoms with Crippen molar-refractivity contribution in [2.75, 3.05) is 7.11 Å². The first-order valence-electron chi connectivity index (χ1n) is 5.21. The maximum Gasteiger partial charge on any atom is 0.431 e. The zero-order chi connectivity index (χ0) is 15.1. The van der Waals surface area contributed by atoms with Gasteiger partial charge in [0.25, 0.3) is 11.5 Å². The fourth-order valence-electron chi connectivity index (χ4n) is 1.79. The van der Waals surface area contributed by atoms with E-state index in [1.807, 2.05) is 5.32 Å². The quantitative estimate of drug-likeness (QED) is 0.801. The van der Waals surface area contributed by atoms with Gasteiger partial charge in [0.15, 0.2) is 0 Å². The molecular formula is C11H8F3NO4S. The van der Waals surface area contributed by atoms with E-state index in [0.717, 1.165) is 18.4 Å². The summed E-state index contributed by atoms with van der Waals surface area (Å²) >= 11 is 1.01. The summed E-state index contributed by atoms with van der Waals surface area (Å²) < 4.78 is 43.3. The summed E-state index contributed by atoms with van der Waals surface area (Å²) in [5, 5.41) is 13.2. The summed E-state index contributed by atoms with van der Waals surface area (Å²) in [4.78, 5) is 23.4. The molecule has 0 fully saturated rings. The van der Waals surface area contributed by atoms with Gasteiger partial charge >= 0.3 is 12.1 Å². The van der Waals surface area contributed by atoms with Crippen LogP contribution in [0, 0.1) is 0 Å². The lowest BCUT2D eigenvalue weighted by Crippen LogP contribution is -2.54. The standard InChI is InChI=1S/C11H8F3NO4S/c1-19-8(16)6-7(5-3-2-4-20-5)15-9(17)10(6,18)11(12,13)14/h2-4,18H,1H3,(H,15,17). The van der Waals surface area contributed by atoms with Gasteiger partial charge < -0.3 is 15.2 Å². The monoisotopic (exact) mass is 307 g/mol. The van der Waals surface area contributed by atoms with E-state index in [9.17, 15) is 27.9 Å². The van der Waals surface area contributed by atoms with Gasteiger partial charge in [0.1, 0.15) is 5.57 Å². The molecule has 0 bridgehead atoms. The Hall–Kier alpha value is -1.87. The van der Waals surface area contributed by atoms with Gasteiger partial charge in [0.05, 0.1) is 17.7 Å². The fraction of sp³-hybridized carbons (Fsp3) is 0.273. The summed E-state index contributed by atoms with van der Waals surface area (Å²) in [6.45, 7) is 0. The molecule has 2 rings (SSSR count). The minimum Gasteiger partial charge on any atom is -0.466 e. The lowest BCUT2D eigenvalue weighted by molar-refractivity contribution is -0.236. The van der Waals surface area contributed by atoms with Crippen LogP contribution in [0.3, 0.4) is 0 Å². The molecule has 1 aliphatic rings. The Bertz CT molecular complexity index is 593. The van der Waals surface area contributed by atoms with Crippen molar-refractivity contribution in [2.45, 2.75) is 11.8 Å². The highest BCUT2D eigenvalue weighted by Gasteiger charge is 2.68. The second kappa shape index (κ2) is 4.60. The maximum absolute atomic E-state index is 13.0. The Balaban J connectivity index is 2.70. The van der Waals surface area contributed by atoms with E-state index >= 15 is 0 Å². The lowest BCUT2D eigenvalue weighted by atomic mass is 9.93. The third-order valence-corrected chi connectivity index (χ3v) is 3.63. The number of nitrogens with one attached hydrogen (secondary N) is 1. The Labute approximate surface area is 114 Å². The van der Waals surface area contributed by atoms with Gasteiger partial charge in [-0.05, 0) is 11.4 Å². The summed E-state index contributed by atoms with van der Waals surface area (Å²) in [6.07, 6.45) is -5.35. The van der Waals surface area contributed by atoms with Crippen LogP contribution in [0.4, 0.5) is 13.2 Å². The number of hydrogen-bond donors (Lipinski definition) is 2. The highest BCUT2D eigenvalue weighted by Crippen LogP contribution is 2.44. The van der Waals surface area contributed by atoms with Crippen LogP contribution in [0.5, 0.6) is 0 Å². The summed E-state index contributed by atoms with van der Waals surface area (Å²) in [7, 11) is 0.862. The highest BCUT2D eigenvalue weighted by molar-refractivity contribution is 7.11. The van der Waals surface area contributed by atoms with Crippen LogP contribution in [0.2, 0.25) is 0 Å². The predicted molar refractivity (Wildman–Crippen MR) is 62.4 cm³/mol. The van der Waals surface area contributed by atoms with E-state index < -0.39 is 34.9 Å². The van der Waals surface area contributed by atoms with Gasteiger partial charge in [-0.15, -0.1) is 11.3 Å². The van der Waals surface area contributed by atoms with Crippen LogP contribution in [0.15, 0.2) is 23.1 Å². The third-order valence-electron chi connectivity index (χ3n) is 2.75. The van der Waals surface area contributed by atoms with Crippen LogP contribution in [0.25, 0.3) is 5.70 Å². The molecule has 1 atom stereocenters. The number of methoxy groups -OCH3 is 1. The Kier molecular flexibility index (Phi) is 3.34. The molecule has 1 unspecified atom stereocenters. The molecule has 0 aliphatic carbocycles. The molecule has 2 N–H and O–H groups in total. The molecule has 1 amide bonds. The topological polar surface area (TPSA) is 75.6 Å². The van der Waals surface area contributed by atoms with Gasteiger partial charge in [-0.25, -0.2) is 4.79 Å². The average molecular weight is 307 g/mol. The van der Waals surface area contributed by atoms with Gasteiger partial charge in [-0.3, -0.25) is 4.79 Å². The summed E-state index contributed by atoms with van der Waals surface area (Å²) in [5.74, 6) is -3.15. The molecule has 1 aromatic heterocycles. The molecule has 108 valence electrons. The summed E-state index contributed by atoms with van der Waals surface area (Å²) in [5.41, 5.74) is -5.46. The first kappa shape index (κ1) is 14.5. The van der Waals surface area contributed by atoms with E-state index in [4.69, 9.17) is 0 Å². The van der Waals surface area contributed by atoms with Gasteiger partial charge in [-0.1, -0.05) is 6.07 Å². The molecule has 5 nitrogen and oxygen atoms in total. The van der Waals surface area contributed by atoms with Crippen LogP contribution >= 0.6 is 11.3 Å². The predicted octanol–water partition coefficient (Wildman–Crippen LogP) is 1.06. The molecule has 9 heteroatoms. The van der Waals surface area contributed by atoms with E-state index in [-0.39, 0.29) is 4.88 Å². The average Bonchev–Trinajstić information content (AvgIpc) is 2.96. The zero-order valence-corrected chi connectivity index (χ0v) is 10.8. The molecule has 0 radical (unpaired) electrons. The number of carbonyl (C=O) groups is 2. The molecule has 0 saturated carbocycles. The number of rotatable bonds is 2. The number of esters is 1. The molecule has 1 aliphatic heterocycles. The Morgan fingerprint density at radius 2 is 2.15 bits per heavy atom. The summed E-state index contributed by atoms with van der Waals surface area (Å²) in [6, 6.07) is 2.93. The molecule has 0 spiro atoms. The molecule has 1 aromatic rings. The van der Waals surface area contributed by atoms with E-state index in [2.05, 4.69) is 4.74 Å². The number of aliphatic hydroxyl groups is 1. The maximum atomic E-state index is 13.0. The van der Waals surface area contributed by atoms with Crippen molar-refractivity contribution in [3.05, 3.63) is 28.0 Å². The smallest absolute Gasteiger partial charge is 0.431 e. The van der Waals surface area contributed by atoms with Crippen molar-refractivity contribution >= 4 is 28.9 Å². The molecule has 0 saturated heterocycles. The Morgan fingerprint density at radius 1 is 1.50 bits per heavy atom. The second-order valence-electron chi connectivity index (χ2n) is 3.88. The van der Waals surface area contributed by atoms with E-state index in [1.54, 1.807) is 5.38 Å². The second-order valence-corrected chi connectivity index (χ2v) is 4.83. The molecular weight excluding hydrogens is 299 g/mol. The largest absolute Gasteiger partial charge is 0.466 e. The first-order valence-corrected chi connectivity index (χ1v) is 6.09. The minimum absolute atomic E-state index is 0.207. The van der Waals surface area contributed by atoms with Crippen molar-refractivity contribution in [2.24, 2.45) is 0 Å². The van der Waals surface area contributed by atoms with Crippen molar-refractivity contribution in [3.8, 4) is 0 Å². The number of alkyl halides is 3. The van der Waals surface area contributed by atoms with Crippen molar-refractivity contribution in [1.29, 1.82) is 0 Å². The SMILES string of the molecule is COC(=O)C1=C(c2cccs2)NC(=O)C1(O)C(F)(F)F. The number of amides is 1. The number of halogens is 3. The number of carbonyl (C=O) groups excluding carboxylic acids is 2. The zero-order valence-electron chi connectivity index (χ0n) is 9.95. The van der Waals surface area contributed by atoms with E-state index in [0.29, 0.717) is 0 Å². The van der Waals surface area contributed by atoms with Crippen molar-refractivity contribution < 1.29 is 32.6 Å². The van der Waals surface area contributed by atoms with Crippen LogP contribution < -0.4 is 5.32 Å². The number of thiophene rings is 1. The van der Waals surface area contributed by atoms with Gasteiger partial charge in [0, 0.05) is 0 Å². The van der Waals surface area contributed by atoms with Crippen LogP contribution in [0.1, 0.15) is 4.88 Å². The number of hydrogen-bond acceptors (Lipinski definition) is 5. The normalized spacial score (nSPS) is 22.9. The Morgan fingerprint density at radius 3 is 2.60 bits per heavy atom. The minimum atomic E-state index is -5.35. The van der Waals surface area contributed by atoms with Crippen molar-refractivity contribution in [1.82, 2.24) is 5.32 Å².